The highest BCUT2D eigenvalue weighted by molar-refractivity contribution is 7.13. The van der Waals surface area contributed by atoms with E-state index in [-0.39, 0.29) is 6.10 Å². The summed E-state index contributed by atoms with van der Waals surface area (Å²) in [5, 5.41) is 10.2. The molecule has 4 rings (SSSR count). The van der Waals surface area contributed by atoms with Gasteiger partial charge in [-0.25, -0.2) is 0 Å². The van der Waals surface area contributed by atoms with Gasteiger partial charge in [-0.3, -0.25) is 0 Å². The van der Waals surface area contributed by atoms with E-state index in [2.05, 4.69) is 22.3 Å². The topological polar surface area (TPSA) is 48.2 Å². The smallest absolute Gasteiger partial charge is 0.257 e. The van der Waals surface area contributed by atoms with E-state index in [1.165, 1.54) is 5.56 Å². The zero-order chi connectivity index (χ0) is 17.1. The number of hydrogen-bond donors (Lipinski definition) is 0. The summed E-state index contributed by atoms with van der Waals surface area (Å²) in [5.74, 6) is 1.76. The lowest BCUT2D eigenvalue weighted by atomic mass is 10.1. The molecule has 2 heterocycles. The largest absolute Gasteiger partial charge is 0.481 e. The third kappa shape index (κ3) is 3.46. The van der Waals surface area contributed by atoms with Gasteiger partial charge in [0.2, 0.25) is 0 Å². The van der Waals surface area contributed by atoms with Crippen LogP contribution in [0.15, 0.2) is 76.5 Å². The quantitative estimate of drug-likeness (QED) is 0.471. The molecule has 2 aromatic carbocycles. The monoisotopic (exact) mass is 348 g/mol. The number of thiophene rings is 1. The molecule has 0 unspecified atom stereocenters. The van der Waals surface area contributed by atoms with Gasteiger partial charge in [0.15, 0.2) is 6.10 Å². The van der Waals surface area contributed by atoms with E-state index in [1.807, 2.05) is 66.9 Å². The molecular weight excluding hydrogens is 332 g/mol. The molecule has 0 bridgehead atoms. The molecule has 0 saturated heterocycles. The lowest BCUT2D eigenvalue weighted by Gasteiger charge is -2.11. The minimum atomic E-state index is -0.316. The zero-order valence-corrected chi connectivity index (χ0v) is 14.4. The van der Waals surface area contributed by atoms with Crippen LogP contribution in [-0.2, 0) is 0 Å². The van der Waals surface area contributed by atoms with E-state index in [0.717, 1.165) is 16.2 Å². The van der Waals surface area contributed by atoms with Gasteiger partial charge in [0.05, 0.1) is 4.88 Å². The summed E-state index contributed by atoms with van der Waals surface area (Å²) < 4.78 is 11.6. The van der Waals surface area contributed by atoms with Crippen LogP contribution < -0.4 is 4.74 Å². The van der Waals surface area contributed by atoms with Crippen molar-refractivity contribution in [3.05, 3.63) is 78.0 Å². The highest BCUT2D eigenvalue weighted by Crippen LogP contribution is 2.28. The van der Waals surface area contributed by atoms with Gasteiger partial charge in [0, 0.05) is 0 Å². The van der Waals surface area contributed by atoms with Crippen molar-refractivity contribution in [3.63, 3.8) is 0 Å². The summed E-state index contributed by atoms with van der Waals surface area (Å²) in [4.78, 5) is 0.957. The molecule has 0 aliphatic carbocycles. The molecule has 4 nitrogen and oxygen atoms in total. The minimum Gasteiger partial charge on any atom is -0.481 e. The fraction of sp³-hybridized carbons (Fsp3) is 0.100. The Morgan fingerprint density at radius 2 is 1.64 bits per heavy atom. The number of rotatable bonds is 5. The van der Waals surface area contributed by atoms with Crippen LogP contribution in [0.4, 0.5) is 0 Å². The number of benzene rings is 2. The van der Waals surface area contributed by atoms with Crippen LogP contribution in [0.1, 0.15) is 18.9 Å². The molecule has 0 radical (unpaired) electrons. The molecular formula is C20H16N2O2S. The average molecular weight is 348 g/mol. The van der Waals surface area contributed by atoms with Crippen molar-refractivity contribution in [2.45, 2.75) is 13.0 Å². The van der Waals surface area contributed by atoms with Crippen molar-refractivity contribution in [1.82, 2.24) is 10.2 Å². The van der Waals surface area contributed by atoms with Gasteiger partial charge >= 0.3 is 0 Å². The number of nitrogens with zero attached hydrogens (tertiary/aromatic N) is 2. The van der Waals surface area contributed by atoms with E-state index < -0.39 is 0 Å². The van der Waals surface area contributed by atoms with Crippen molar-refractivity contribution in [3.8, 4) is 27.6 Å². The van der Waals surface area contributed by atoms with Gasteiger partial charge < -0.3 is 9.15 Å². The third-order valence-electron chi connectivity index (χ3n) is 3.79. The summed E-state index contributed by atoms with van der Waals surface area (Å²) in [6.07, 6.45) is -0.316. The molecule has 0 aliphatic rings. The predicted molar refractivity (Wildman–Crippen MR) is 98.5 cm³/mol. The Labute approximate surface area is 149 Å². The van der Waals surface area contributed by atoms with Crippen LogP contribution in [0, 0.1) is 0 Å². The summed E-state index contributed by atoms with van der Waals surface area (Å²) >= 11 is 1.57. The van der Waals surface area contributed by atoms with Crippen LogP contribution in [-0.4, -0.2) is 10.2 Å². The van der Waals surface area contributed by atoms with Crippen molar-refractivity contribution in [2.75, 3.05) is 0 Å². The Balaban J connectivity index is 1.47. The van der Waals surface area contributed by atoms with E-state index in [9.17, 15) is 0 Å². The maximum Gasteiger partial charge on any atom is 0.257 e. The molecule has 0 spiro atoms. The second-order valence-corrected chi connectivity index (χ2v) is 6.52. The van der Waals surface area contributed by atoms with Crippen LogP contribution in [0.3, 0.4) is 0 Å². The van der Waals surface area contributed by atoms with Gasteiger partial charge in [-0.15, -0.1) is 21.5 Å². The summed E-state index contributed by atoms with van der Waals surface area (Å²) in [5.41, 5.74) is 2.33. The van der Waals surface area contributed by atoms with E-state index in [1.54, 1.807) is 11.3 Å². The van der Waals surface area contributed by atoms with Gasteiger partial charge in [-0.2, -0.15) is 0 Å². The standard InChI is InChI=1S/C20H16N2O2S/c1-14(19-21-22-20(24-19)18-8-5-13-25-18)23-17-11-9-16(10-12-17)15-6-3-2-4-7-15/h2-14H,1H3/t14-/m1/s1. The molecule has 124 valence electrons. The molecule has 5 heteroatoms. The highest BCUT2D eigenvalue weighted by Gasteiger charge is 2.17. The molecule has 25 heavy (non-hydrogen) atoms. The number of ether oxygens (including phenoxy) is 1. The Morgan fingerprint density at radius 3 is 2.36 bits per heavy atom. The van der Waals surface area contributed by atoms with Crippen LogP contribution >= 0.6 is 11.3 Å². The van der Waals surface area contributed by atoms with E-state index in [4.69, 9.17) is 9.15 Å². The Bertz CT molecular complexity index is 932. The molecule has 4 aromatic rings. The van der Waals surface area contributed by atoms with Gasteiger partial charge in [0.1, 0.15) is 5.75 Å². The summed E-state index contributed by atoms with van der Waals surface area (Å²) in [6, 6.07) is 22.2. The number of aromatic nitrogens is 2. The first kappa shape index (κ1) is 15.6. The minimum absolute atomic E-state index is 0.316. The maximum atomic E-state index is 5.93. The van der Waals surface area contributed by atoms with Crippen molar-refractivity contribution >= 4 is 11.3 Å². The molecule has 1 atom stereocenters. The fourth-order valence-corrected chi connectivity index (χ4v) is 3.15. The first-order valence-corrected chi connectivity index (χ1v) is 8.87. The Morgan fingerprint density at radius 1 is 0.880 bits per heavy atom. The van der Waals surface area contributed by atoms with Gasteiger partial charge in [-0.05, 0) is 41.6 Å². The second-order valence-electron chi connectivity index (χ2n) is 5.57. The maximum absolute atomic E-state index is 5.93. The van der Waals surface area contributed by atoms with Crippen LogP contribution in [0.25, 0.3) is 21.9 Å². The Hall–Kier alpha value is -2.92. The molecule has 0 fully saturated rings. The molecule has 0 aliphatic heterocycles. The van der Waals surface area contributed by atoms with Gasteiger partial charge in [0.25, 0.3) is 11.8 Å². The normalized spacial score (nSPS) is 12.0. The molecule has 0 saturated carbocycles. The lowest BCUT2D eigenvalue weighted by molar-refractivity contribution is 0.189. The summed E-state index contributed by atoms with van der Waals surface area (Å²) in [6.45, 7) is 1.90. The van der Waals surface area contributed by atoms with E-state index in [0.29, 0.717) is 11.8 Å². The van der Waals surface area contributed by atoms with E-state index >= 15 is 0 Å². The SMILES string of the molecule is C[C@@H](Oc1ccc(-c2ccccc2)cc1)c1nnc(-c2cccs2)o1. The first-order chi connectivity index (χ1) is 12.3. The van der Waals surface area contributed by atoms with Crippen molar-refractivity contribution in [1.29, 1.82) is 0 Å². The predicted octanol–water partition coefficient (Wildman–Crippen LogP) is 5.61. The fourth-order valence-electron chi connectivity index (χ4n) is 2.51. The Kier molecular flexibility index (Phi) is 4.31. The van der Waals surface area contributed by atoms with Crippen molar-refractivity contribution < 1.29 is 9.15 Å². The second kappa shape index (κ2) is 6.91. The summed E-state index contributed by atoms with van der Waals surface area (Å²) in [7, 11) is 0. The lowest BCUT2D eigenvalue weighted by Crippen LogP contribution is -2.03. The highest BCUT2D eigenvalue weighted by atomic mass is 32.1. The van der Waals surface area contributed by atoms with Crippen LogP contribution in [0.5, 0.6) is 5.75 Å². The van der Waals surface area contributed by atoms with Gasteiger partial charge in [-0.1, -0.05) is 48.5 Å². The first-order valence-electron chi connectivity index (χ1n) is 7.99. The van der Waals surface area contributed by atoms with Crippen LogP contribution in [0.2, 0.25) is 0 Å². The van der Waals surface area contributed by atoms with Crippen molar-refractivity contribution in [2.24, 2.45) is 0 Å². The third-order valence-corrected chi connectivity index (χ3v) is 4.65. The molecule has 2 aromatic heterocycles. The molecule has 0 amide bonds. The number of hydrogen-bond acceptors (Lipinski definition) is 5. The average Bonchev–Trinajstić information content (AvgIpc) is 3.35. The zero-order valence-electron chi connectivity index (χ0n) is 13.6. The molecule has 0 N–H and O–H groups in total.